The Kier molecular flexibility index (Phi) is 7.03. The second-order valence-electron chi connectivity index (χ2n) is 9.25. The van der Waals surface area contributed by atoms with E-state index in [1.807, 2.05) is 67.6 Å². The number of anilines is 2. The van der Waals surface area contributed by atoms with E-state index >= 15 is 0 Å². The fourth-order valence-electron chi connectivity index (χ4n) is 4.44. The van der Waals surface area contributed by atoms with E-state index in [1.54, 1.807) is 19.1 Å². The van der Waals surface area contributed by atoms with Crippen molar-refractivity contribution in [3.8, 4) is 5.75 Å². The van der Waals surface area contributed by atoms with Crippen molar-refractivity contribution in [2.24, 2.45) is 5.10 Å². The van der Waals surface area contributed by atoms with Crippen molar-refractivity contribution in [2.45, 2.75) is 31.3 Å². The number of aryl methyl sites for hydroxylation is 2. The van der Waals surface area contributed by atoms with E-state index in [0.29, 0.717) is 23.6 Å². The van der Waals surface area contributed by atoms with E-state index in [1.165, 1.54) is 12.1 Å². The van der Waals surface area contributed by atoms with Gasteiger partial charge in [0.05, 0.1) is 22.0 Å². The van der Waals surface area contributed by atoms with E-state index in [-0.39, 0.29) is 22.4 Å². The third kappa shape index (κ3) is 5.60. The number of nitro groups is 1. The Hall–Kier alpha value is -4.70. The van der Waals surface area contributed by atoms with Crippen molar-refractivity contribution in [3.05, 3.63) is 123 Å². The number of hydrogen-bond acceptors (Lipinski definition) is 7. The normalized spacial score (nSPS) is 15.7. The number of nitrogens with zero attached hydrogens (tertiary/aromatic N) is 2. The summed E-state index contributed by atoms with van der Waals surface area (Å²) < 4.78 is 35.7. The topological polar surface area (TPSA) is 123 Å². The molecule has 5 rings (SSSR count). The predicted octanol–water partition coefficient (Wildman–Crippen LogP) is 6.35. The van der Waals surface area contributed by atoms with Gasteiger partial charge in [-0.1, -0.05) is 60.2 Å². The average Bonchev–Trinajstić information content (AvgIpc) is 2.93. The standard InChI is InChI=1S/C29H26N4O5S/c1-19-12-14-24(20(2)16-19)32-39(36,37)29-17-22(33(34)35)13-15-25(29)30-31-26-18-28(21-8-4-3-5-9-21)38-27-11-7-6-10-23(26)27/h3-17,28,30,32H,18H2,1-2H3/b31-26+. The van der Waals surface area contributed by atoms with E-state index in [9.17, 15) is 18.5 Å². The number of fused-ring (bicyclic) bond motifs is 1. The molecule has 1 unspecified atom stereocenters. The summed E-state index contributed by atoms with van der Waals surface area (Å²) in [5.41, 5.74) is 7.13. The van der Waals surface area contributed by atoms with Crippen molar-refractivity contribution in [3.63, 3.8) is 0 Å². The highest BCUT2D eigenvalue weighted by Gasteiger charge is 2.27. The third-order valence-corrected chi connectivity index (χ3v) is 7.83. The van der Waals surface area contributed by atoms with Gasteiger partial charge in [0.25, 0.3) is 15.7 Å². The fraction of sp³-hybridized carbons (Fsp3) is 0.138. The van der Waals surface area contributed by atoms with Crippen LogP contribution in [0.3, 0.4) is 0 Å². The summed E-state index contributed by atoms with van der Waals surface area (Å²) in [4.78, 5) is 10.6. The first kappa shape index (κ1) is 25.9. The van der Waals surface area contributed by atoms with Gasteiger partial charge in [-0.2, -0.15) is 5.10 Å². The molecule has 10 heteroatoms. The summed E-state index contributed by atoms with van der Waals surface area (Å²) in [5.74, 6) is 0.659. The lowest BCUT2D eigenvalue weighted by Gasteiger charge is -2.27. The highest BCUT2D eigenvalue weighted by molar-refractivity contribution is 7.92. The van der Waals surface area contributed by atoms with E-state index in [0.717, 1.165) is 28.3 Å². The van der Waals surface area contributed by atoms with Crippen molar-refractivity contribution in [1.82, 2.24) is 0 Å². The molecular formula is C29H26N4O5S. The fourth-order valence-corrected chi connectivity index (χ4v) is 5.75. The molecule has 39 heavy (non-hydrogen) atoms. The van der Waals surface area contributed by atoms with Crippen LogP contribution in [0.15, 0.2) is 101 Å². The Morgan fingerprint density at radius 1 is 0.923 bits per heavy atom. The first-order valence-electron chi connectivity index (χ1n) is 12.2. The van der Waals surface area contributed by atoms with Crippen LogP contribution in [0.1, 0.15) is 34.8 Å². The highest BCUT2D eigenvalue weighted by Crippen LogP contribution is 2.36. The van der Waals surface area contributed by atoms with Crippen LogP contribution in [-0.4, -0.2) is 19.1 Å². The SMILES string of the molecule is Cc1ccc(NS(=O)(=O)c2cc([N+](=O)[O-])ccc2N/N=C2\CC(c3ccccc3)Oc3ccccc32)c(C)c1. The van der Waals surface area contributed by atoms with Crippen LogP contribution in [0.5, 0.6) is 5.75 Å². The number of nitro benzene ring substituents is 1. The van der Waals surface area contributed by atoms with Gasteiger partial charge >= 0.3 is 0 Å². The highest BCUT2D eigenvalue weighted by atomic mass is 32.2. The van der Waals surface area contributed by atoms with E-state index < -0.39 is 14.9 Å². The van der Waals surface area contributed by atoms with Crippen LogP contribution < -0.4 is 14.9 Å². The minimum absolute atomic E-state index is 0.102. The molecule has 1 heterocycles. The maximum Gasteiger partial charge on any atom is 0.270 e. The van der Waals surface area contributed by atoms with Crippen LogP contribution in [0.2, 0.25) is 0 Å². The monoisotopic (exact) mass is 542 g/mol. The lowest BCUT2D eigenvalue weighted by atomic mass is 9.96. The predicted molar refractivity (Wildman–Crippen MR) is 151 cm³/mol. The first-order valence-corrected chi connectivity index (χ1v) is 13.7. The minimum Gasteiger partial charge on any atom is -0.485 e. The molecule has 0 bridgehead atoms. The summed E-state index contributed by atoms with van der Waals surface area (Å²) in [6.07, 6.45) is 0.150. The van der Waals surface area contributed by atoms with Gasteiger partial charge in [0.15, 0.2) is 0 Å². The smallest absolute Gasteiger partial charge is 0.270 e. The molecule has 0 spiro atoms. The molecule has 0 saturated carbocycles. The Labute approximate surface area is 226 Å². The van der Waals surface area contributed by atoms with Crippen molar-refractivity contribution >= 4 is 32.8 Å². The van der Waals surface area contributed by atoms with Gasteiger partial charge in [0, 0.05) is 24.1 Å². The molecule has 1 aliphatic rings. The van der Waals surface area contributed by atoms with Gasteiger partial charge in [0.2, 0.25) is 0 Å². The van der Waals surface area contributed by atoms with Crippen LogP contribution in [0, 0.1) is 24.0 Å². The third-order valence-electron chi connectivity index (χ3n) is 6.42. The summed E-state index contributed by atoms with van der Waals surface area (Å²) in [7, 11) is -4.21. The van der Waals surface area contributed by atoms with Gasteiger partial charge < -0.3 is 4.74 Å². The van der Waals surface area contributed by atoms with Crippen molar-refractivity contribution in [1.29, 1.82) is 0 Å². The number of hydrazone groups is 1. The summed E-state index contributed by atoms with van der Waals surface area (Å²) in [6.45, 7) is 3.69. The molecule has 0 amide bonds. The summed E-state index contributed by atoms with van der Waals surface area (Å²) in [6, 6.07) is 26.1. The number of ether oxygens (including phenoxy) is 1. The average molecular weight is 543 g/mol. The Morgan fingerprint density at radius 2 is 1.64 bits per heavy atom. The molecule has 2 N–H and O–H groups in total. The largest absolute Gasteiger partial charge is 0.485 e. The van der Waals surface area contributed by atoms with Crippen LogP contribution in [-0.2, 0) is 10.0 Å². The molecule has 9 nitrogen and oxygen atoms in total. The Morgan fingerprint density at radius 3 is 2.38 bits per heavy atom. The van der Waals surface area contributed by atoms with E-state index in [4.69, 9.17) is 4.74 Å². The molecule has 1 atom stereocenters. The number of hydrogen-bond donors (Lipinski definition) is 2. The van der Waals surface area contributed by atoms with Gasteiger partial charge in [-0.15, -0.1) is 0 Å². The van der Waals surface area contributed by atoms with Gasteiger partial charge in [-0.25, -0.2) is 8.42 Å². The Bertz CT molecular complexity index is 1690. The first-order chi connectivity index (χ1) is 18.7. The molecule has 198 valence electrons. The minimum atomic E-state index is -4.21. The number of nitrogens with one attached hydrogen (secondary N) is 2. The molecule has 4 aromatic rings. The molecule has 0 radical (unpaired) electrons. The maximum atomic E-state index is 13.5. The zero-order valence-corrected chi connectivity index (χ0v) is 22.1. The maximum absolute atomic E-state index is 13.5. The molecule has 1 aliphatic heterocycles. The Balaban J connectivity index is 1.52. The van der Waals surface area contributed by atoms with Crippen LogP contribution in [0.25, 0.3) is 0 Å². The van der Waals surface area contributed by atoms with Gasteiger partial charge in [0.1, 0.15) is 16.7 Å². The number of para-hydroxylation sites is 1. The zero-order chi connectivity index (χ0) is 27.6. The molecule has 0 fully saturated rings. The van der Waals surface area contributed by atoms with Gasteiger partial charge in [-0.05, 0) is 49.2 Å². The lowest BCUT2D eigenvalue weighted by Crippen LogP contribution is -2.22. The summed E-state index contributed by atoms with van der Waals surface area (Å²) in [5, 5.41) is 16.1. The van der Waals surface area contributed by atoms with E-state index in [2.05, 4.69) is 15.2 Å². The number of benzene rings is 4. The lowest BCUT2D eigenvalue weighted by molar-refractivity contribution is -0.385. The van der Waals surface area contributed by atoms with Gasteiger partial charge in [-0.3, -0.25) is 20.3 Å². The van der Waals surface area contributed by atoms with Crippen LogP contribution in [0.4, 0.5) is 17.1 Å². The second-order valence-corrected chi connectivity index (χ2v) is 10.9. The number of rotatable bonds is 7. The number of non-ortho nitro benzene ring substituents is 1. The van der Waals surface area contributed by atoms with Crippen LogP contribution >= 0.6 is 0 Å². The molecule has 0 aliphatic carbocycles. The van der Waals surface area contributed by atoms with Crippen molar-refractivity contribution < 1.29 is 18.1 Å². The molecule has 4 aromatic carbocycles. The second kappa shape index (κ2) is 10.6. The summed E-state index contributed by atoms with van der Waals surface area (Å²) >= 11 is 0. The molecular weight excluding hydrogens is 516 g/mol. The quantitative estimate of drug-likeness (QED) is 0.207. The molecule has 0 aromatic heterocycles. The zero-order valence-electron chi connectivity index (χ0n) is 21.3. The molecule has 0 saturated heterocycles. The van der Waals surface area contributed by atoms with Crippen molar-refractivity contribution in [2.75, 3.05) is 10.1 Å². The number of sulfonamides is 1.